The molecule has 1 heterocycles. The standard InChI is InChI=1S/C15H17ClN2O3/c1-15(2,3)12-11(14(19)20-4)13(18-17-12)21-10-7-5-6-9(16)8-10/h5-8H,1-4H3,(H,17,18). The molecule has 112 valence electrons. The van der Waals surface area contributed by atoms with Crippen LogP contribution in [0.1, 0.15) is 36.8 Å². The molecule has 2 rings (SSSR count). The smallest absolute Gasteiger partial charge is 0.345 e. The van der Waals surface area contributed by atoms with Gasteiger partial charge in [-0.2, -0.15) is 5.10 Å². The fourth-order valence-corrected chi connectivity index (χ4v) is 2.06. The van der Waals surface area contributed by atoms with Crippen LogP contribution in [0.3, 0.4) is 0 Å². The van der Waals surface area contributed by atoms with Crippen molar-refractivity contribution in [3.63, 3.8) is 0 Å². The van der Waals surface area contributed by atoms with Crippen molar-refractivity contribution in [3.05, 3.63) is 40.5 Å². The fraction of sp³-hybridized carbons (Fsp3) is 0.333. The Morgan fingerprint density at radius 3 is 2.62 bits per heavy atom. The number of rotatable bonds is 3. The van der Waals surface area contributed by atoms with E-state index >= 15 is 0 Å². The number of methoxy groups -OCH3 is 1. The molecule has 2 aromatic rings. The predicted octanol–water partition coefficient (Wildman–Crippen LogP) is 3.94. The van der Waals surface area contributed by atoms with Crippen LogP contribution in [0.4, 0.5) is 0 Å². The topological polar surface area (TPSA) is 64.2 Å². The van der Waals surface area contributed by atoms with E-state index in [1.807, 2.05) is 20.8 Å². The number of nitrogens with one attached hydrogen (secondary N) is 1. The number of ether oxygens (including phenoxy) is 2. The van der Waals surface area contributed by atoms with Gasteiger partial charge in [-0.05, 0) is 18.2 Å². The molecule has 6 heteroatoms. The SMILES string of the molecule is COC(=O)c1c(C(C)(C)C)n[nH]c1Oc1cccc(Cl)c1. The molecule has 0 aliphatic heterocycles. The maximum atomic E-state index is 12.0. The summed E-state index contributed by atoms with van der Waals surface area (Å²) in [7, 11) is 1.32. The molecule has 0 aliphatic carbocycles. The van der Waals surface area contributed by atoms with E-state index in [9.17, 15) is 4.79 Å². The molecule has 0 radical (unpaired) electrons. The number of benzene rings is 1. The van der Waals surface area contributed by atoms with E-state index in [1.165, 1.54) is 7.11 Å². The summed E-state index contributed by atoms with van der Waals surface area (Å²) < 4.78 is 10.5. The highest BCUT2D eigenvalue weighted by Crippen LogP contribution is 2.33. The van der Waals surface area contributed by atoms with Crippen molar-refractivity contribution in [1.82, 2.24) is 10.2 Å². The summed E-state index contributed by atoms with van der Waals surface area (Å²) in [6.45, 7) is 5.87. The van der Waals surface area contributed by atoms with Crippen LogP contribution in [0.15, 0.2) is 24.3 Å². The number of halogens is 1. The van der Waals surface area contributed by atoms with Gasteiger partial charge < -0.3 is 9.47 Å². The van der Waals surface area contributed by atoms with Gasteiger partial charge in [-0.25, -0.2) is 9.89 Å². The van der Waals surface area contributed by atoms with E-state index in [2.05, 4.69) is 10.2 Å². The molecule has 0 aliphatic rings. The summed E-state index contributed by atoms with van der Waals surface area (Å²) >= 11 is 5.92. The van der Waals surface area contributed by atoms with Gasteiger partial charge in [-0.1, -0.05) is 38.4 Å². The van der Waals surface area contributed by atoms with E-state index in [1.54, 1.807) is 24.3 Å². The summed E-state index contributed by atoms with van der Waals surface area (Å²) in [5.41, 5.74) is 0.562. The first kappa shape index (κ1) is 15.4. The Kier molecular flexibility index (Phi) is 4.23. The fourth-order valence-electron chi connectivity index (χ4n) is 1.88. The van der Waals surface area contributed by atoms with Crippen molar-refractivity contribution in [2.24, 2.45) is 0 Å². The lowest BCUT2D eigenvalue weighted by Gasteiger charge is -2.16. The van der Waals surface area contributed by atoms with Crippen molar-refractivity contribution < 1.29 is 14.3 Å². The van der Waals surface area contributed by atoms with Gasteiger partial charge >= 0.3 is 5.97 Å². The molecule has 0 amide bonds. The lowest BCUT2D eigenvalue weighted by atomic mass is 9.89. The Bertz CT molecular complexity index is 659. The molecular weight excluding hydrogens is 292 g/mol. The van der Waals surface area contributed by atoms with Crippen molar-refractivity contribution in [2.75, 3.05) is 7.11 Å². The summed E-state index contributed by atoms with van der Waals surface area (Å²) in [4.78, 5) is 12.0. The third kappa shape index (κ3) is 3.36. The number of esters is 1. The average molecular weight is 309 g/mol. The number of carbonyl (C=O) groups is 1. The zero-order chi connectivity index (χ0) is 15.6. The van der Waals surface area contributed by atoms with Gasteiger partial charge in [0.25, 0.3) is 0 Å². The molecule has 0 saturated carbocycles. The number of carbonyl (C=O) groups excluding carboxylic acids is 1. The van der Waals surface area contributed by atoms with Crippen molar-refractivity contribution in [1.29, 1.82) is 0 Å². The summed E-state index contributed by atoms with van der Waals surface area (Å²) in [6.07, 6.45) is 0. The van der Waals surface area contributed by atoms with E-state index in [0.717, 1.165) is 0 Å². The first-order valence-electron chi connectivity index (χ1n) is 6.43. The zero-order valence-corrected chi connectivity index (χ0v) is 13.1. The Balaban J connectivity index is 2.44. The van der Waals surface area contributed by atoms with Crippen LogP contribution in [0, 0.1) is 0 Å². The second kappa shape index (κ2) is 5.77. The molecule has 0 bridgehead atoms. The Morgan fingerprint density at radius 1 is 1.33 bits per heavy atom. The molecule has 1 N–H and O–H groups in total. The van der Waals surface area contributed by atoms with E-state index < -0.39 is 5.97 Å². The van der Waals surface area contributed by atoms with Crippen molar-refractivity contribution >= 4 is 17.6 Å². The number of hydrogen-bond donors (Lipinski definition) is 1. The summed E-state index contributed by atoms with van der Waals surface area (Å²) in [5.74, 6) is 0.261. The number of aromatic nitrogens is 2. The molecule has 0 spiro atoms. The third-order valence-corrected chi connectivity index (χ3v) is 3.08. The minimum atomic E-state index is -0.495. The van der Waals surface area contributed by atoms with Gasteiger partial charge in [-0.3, -0.25) is 0 Å². The quantitative estimate of drug-likeness (QED) is 0.872. The van der Waals surface area contributed by atoms with E-state index in [-0.39, 0.29) is 11.3 Å². The first-order chi connectivity index (χ1) is 9.82. The number of aromatic amines is 1. The number of nitrogens with zero attached hydrogens (tertiary/aromatic N) is 1. The Morgan fingerprint density at radius 2 is 2.05 bits per heavy atom. The van der Waals surface area contributed by atoms with E-state index in [4.69, 9.17) is 21.1 Å². The molecule has 21 heavy (non-hydrogen) atoms. The monoisotopic (exact) mass is 308 g/mol. The predicted molar refractivity (Wildman–Crippen MR) is 80.2 cm³/mol. The second-order valence-corrected chi connectivity index (χ2v) is 6.01. The molecule has 0 unspecified atom stereocenters. The minimum Gasteiger partial charge on any atom is -0.465 e. The van der Waals surface area contributed by atoms with Crippen molar-refractivity contribution in [3.8, 4) is 11.6 Å². The maximum absolute atomic E-state index is 12.0. The van der Waals surface area contributed by atoms with Crippen LogP contribution in [0.2, 0.25) is 5.02 Å². The largest absolute Gasteiger partial charge is 0.465 e. The van der Waals surface area contributed by atoms with Crippen LogP contribution in [-0.2, 0) is 10.2 Å². The molecule has 1 aromatic carbocycles. The highest BCUT2D eigenvalue weighted by Gasteiger charge is 2.30. The summed E-state index contributed by atoms with van der Waals surface area (Å²) in [5, 5.41) is 7.48. The van der Waals surface area contributed by atoms with Crippen molar-refractivity contribution in [2.45, 2.75) is 26.2 Å². The molecule has 0 fully saturated rings. The Hall–Kier alpha value is -2.01. The van der Waals surface area contributed by atoms with Crippen LogP contribution in [-0.4, -0.2) is 23.3 Å². The van der Waals surface area contributed by atoms with Gasteiger partial charge in [-0.15, -0.1) is 0 Å². The van der Waals surface area contributed by atoms with Gasteiger partial charge in [0.2, 0.25) is 5.88 Å². The zero-order valence-electron chi connectivity index (χ0n) is 12.4. The van der Waals surface area contributed by atoms with Crippen LogP contribution in [0.5, 0.6) is 11.6 Å². The van der Waals surface area contributed by atoms with Gasteiger partial charge in [0.1, 0.15) is 11.3 Å². The molecule has 0 atom stereocenters. The van der Waals surface area contributed by atoms with Gasteiger partial charge in [0.15, 0.2) is 0 Å². The lowest BCUT2D eigenvalue weighted by Crippen LogP contribution is -2.17. The molecule has 1 aromatic heterocycles. The van der Waals surface area contributed by atoms with Crippen LogP contribution in [0.25, 0.3) is 0 Å². The molecule has 0 saturated heterocycles. The number of hydrogen-bond acceptors (Lipinski definition) is 4. The molecular formula is C15H17ClN2O3. The first-order valence-corrected chi connectivity index (χ1v) is 6.81. The maximum Gasteiger partial charge on any atom is 0.345 e. The lowest BCUT2D eigenvalue weighted by molar-refractivity contribution is 0.0595. The highest BCUT2D eigenvalue weighted by molar-refractivity contribution is 6.30. The highest BCUT2D eigenvalue weighted by atomic mass is 35.5. The normalized spacial score (nSPS) is 11.3. The van der Waals surface area contributed by atoms with Crippen LogP contribution < -0.4 is 4.74 Å². The Labute approximate surface area is 128 Å². The van der Waals surface area contributed by atoms with Gasteiger partial charge in [0, 0.05) is 10.4 Å². The third-order valence-electron chi connectivity index (χ3n) is 2.85. The van der Waals surface area contributed by atoms with E-state index in [0.29, 0.717) is 22.0 Å². The second-order valence-electron chi connectivity index (χ2n) is 5.58. The minimum absolute atomic E-state index is 0.244. The van der Waals surface area contributed by atoms with Crippen LogP contribution >= 0.6 is 11.6 Å². The molecule has 5 nitrogen and oxygen atoms in total. The average Bonchev–Trinajstić information content (AvgIpc) is 2.81. The van der Waals surface area contributed by atoms with Gasteiger partial charge in [0.05, 0.1) is 12.8 Å². The summed E-state index contributed by atoms with van der Waals surface area (Å²) in [6, 6.07) is 6.89. The number of H-pyrrole nitrogens is 1.